The topological polar surface area (TPSA) is 101 Å². The van der Waals surface area contributed by atoms with E-state index >= 15 is 0 Å². The van der Waals surface area contributed by atoms with E-state index in [4.69, 9.17) is 9.47 Å². The van der Waals surface area contributed by atoms with Crippen LogP contribution in [0.5, 0.6) is 11.5 Å². The lowest BCUT2D eigenvalue weighted by Gasteiger charge is -2.34. The zero-order valence-corrected chi connectivity index (χ0v) is 18.0. The van der Waals surface area contributed by atoms with Gasteiger partial charge in [0.2, 0.25) is 10.0 Å². The molecule has 0 saturated carbocycles. The number of nitrogens with zero attached hydrogens (tertiary/aromatic N) is 3. The number of hydrogen-bond donors (Lipinski definition) is 1. The van der Waals surface area contributed by atoms with Gasteiger partial charge in [0.25, 0.3) is 0 Å². The molecule has 10 heteroatoms. The van der Waals surface area contributed by atoms with Gasteiger partial charge in [-0.2, -0.15) is 4.31 Å². The number of amides is 2. The van der Waals surface area contributed by atoms with Gasteiger partial charge in [0.05, 0.1) is 18.1 Å². The summed E-state index contributed by atoms with van der Waals surface area (Å²) in [6.07, 6.45) is 4.93. The van der Waals surface area contributed by atoms with Crippen molar-refractivity contribution >= 4 is 16.1 Å². The third kappa shape index (κ3) is 5.08. The monoisotopic (exact) mass is 446 g/mol. The molecule has 2 aliphatic rings. The predicted molar refractivity (Wildman–Crippen MR) is 114 cm³/mol. The summed E-state index contributed by atoms with van der Waals surface area (Å²) >= 11 is 0. The van der Waals surface area contributed by atoms with Crippen molar-refractivity contribution in [2.24, 2.45) is 0 Å². The first-order chi connectivity index (χ1) is 15.0. The molecular formula is C21H26N4O5S. The van der Waals surface area contributed by atoms with Crippen LogP contribution in [0.4, 0.5) is 4.79 Å². The molecule has 0 unspecified atom stereocenters. The SMILES string of the molecule is O=C(NCCc1cccnc1)N1CCN(S(=O)(=O)c2ccc3c(c2)OCCCO3)CC1. The lowest BCUT2D eigenvalue weighted by Crippen LogP contribution is -2.53. The maximum absolute atomic E-state index is 13.1. The van der Waals surface area contributed by atoms with E-state index in [1.807, 2.05) is 12.1 Å². The van der Waals surface area contributed by atoms with E-state index in [2.05, 4.69) is 10.3 Å². The van der Waals surface area contributed by atoms with E-state index in [1.54, 1.807) is 29.4 Å². The van der Waals surface area contributed by atoms with Gasteiger partial charge >= 0.3 is 6.03 Å². The van der Waals surface area contributed by atoms with Gasteiger partial charge in [-0.05, 0) is 30.2 Å². The summed E-state index contributed by atoms with van der Waals surface area (Å²) in [6.45, 7) is 2.70. The quantitative estimate of drug-likeness (QED) is 0.747. The fourth-order valence-electron chi connectivity index (χ4n) is 3.56. The van der Waals surface area contributed by atoms with Gasteiger partial charge in [0.15, 0.2) is 11.5 Å². The largest absolute Gasteiger partial charge is 0.490 e. The molecule has 31 heavy (non-hydrogen) atoms. The van der Waals surface area contributed by atoms with Crippen LogP contribution >= 0.6 is 0 Å². The Balaban J connectivity index is 1.31. The third-order valence-electron chi connectivity index (χ3n) is 5.30. The number of ether oxygens (including phenoxy) is 2. The highest BCUT2D eigenvalue weighted by atomic mass is 32.2. The molecule has 1 N–H and O–H groups in total. The summed E-state index contributed by atoms with van der Waals surface area (Å²) < 4.78 is 38.7. The van der Waals surface area contributed by atoms with E-state index in [0.29, 0.717) is 50.8 Å². The molecule has 0 spiro atoms. The summed E-state index contributed by atoms with van der Waals surface area (Å²) in [4.78, 5) is 18.3. The van der Waals surface area contributed by atoms with Crippen molar-refractivity contribution in [3.8, 4) is 11.5 Å². The molecule has 0 radical (unpaired) electrons. The van der Waals surface area contributed by atoms with Crippen molar-refractivity contribution in [2.75, 3.05) is 45.9 Å². The molecule has 1 aromatic heterocycles. The molecule has 1 aromatic carbocycles. The number of carbonyl (C=O) groups excluding carboxylic acids is 1. The first-order valence-electron chi connectivity index (χ1n) is 10.4. The number of aromatic nitrogens is 1. The summed E-state index contributed by atoms with van der Waals surface area (Å²) in [6, 6.07) is 8.34. The van der Waals surface area contributed by atoms with Gasteiger partial charge in [-0.1, -0.05) is 6.07 Å². The Kier molecular flexibility index (Phi) is 6.57. The van der Waals surface area contributed by atoms with Crippen molar-refractivity contribution in [2.45, 2.75) is 17.7 Å². The maximum Gasteiger partial charge on any atom is 0.317 e. The lowest BCUT2D eigenvalue weighted by molar-refractivity contribution is 0.172. The van der Waals surface area contributed by atoms with Crippen LogP contribution in [0.1, 0.15) is 12.0 Å². The zero-order valence-electron chi connectivity index (χ0n) is 17.2. The van der Waals surface area contributed by atoms with E-state index in [1.165, 1.54) is 10.4 Å². The van der Waals surface area contributed by atoms with Gasteiger partial charge in [-0.3, -0.25) is 4.98 Å². The second-order valence-corrected chi connectivity index (χ2v) is 9.33. The minimum Gasteiger partial charge on any atom is -0.490 e. The number of benzene rings is 1. The standard InChI is InChI=1S/C21H26N4O5S/c26-21(23-8-6-17-3-1-7-22-16-17)24-9-11-25(12-10-24)31(27,28)18-4-5-19-20(15-18)30-14-2-13-29-19/h1,3-5,7,15-16H,2,6,8-14H2,(H,23,26). The molecule has 166 valence electrons. The molecule has 2 aromatic rings. The number of pyridine rings is 1. The number of carbonyl (C=O) groups is 1. The summed E-state index contributed by atoms with van der Waals surface area (Å²) in [5, 5.41) is 2.89. The Morgan fingerprint density at radius 1 is 1.06 bits per heavy atom. The van der Waals surface area contributed by atoms with Gasteiger partial charge in [-0.15, -0.1) is 0 Å². The Bertz CT molecular complexity index is 1010. The van der Waals surface area contributed by atoms with Crippen molar-refractivity contribution in [1.29, 1.82) is 0 Å². The van der Waals surface area contributed by atoms with Crippen LogP contribution in [0.3, 0.4) is 0 Å². The number of hydrogen-bond acceptors (Lipinski definition) is 6. The number of rotatable bonds is 5. The number of fused-ring (bicyclic) bond motifs is 1. The second-order valence-electron chi connectivity index (χ2n) is 7.39. The zero-order chi connectivity index (χ0) is 21.7. The van der Waals surface area contributed by atoms with E-state index in [-0.39, 0.29) is 24.0 Å². The normalized spacial score (nSPS) is 17.1. The summed E-state index contributed by atoms with van der Waals surface area (Å²) in [5.74, 6) is 1.01. The molecule has 1 saturated heterocycles. The molecule has 0 bridgehead atoms. The molecule has 9 nitrogen and oxygen atoms in total. The van der Waals surface area contributed by atoms with Crippen molar-refractivity contribution in [3.63, 3.8) is 0 Å². The number of nitrogens with one attached hydrogen (secondary N) is 1. The molecule has 2 amide bonds. The van der Waals surface area contributed by atoms with Gasteiger partial charge in [0.1, 0.15) is 0 Å². The van der Waals surface area contributed by atoms with Gasteiger partial charge in [0, 0.05) is 57.6 Å². The molecule has 0 aliphatic carbocycles. The predicted octanol–water partition coefficient (Wildman–Crippen LogP) is 1.50. The second kappa shape index (κ2) is 9.52. The fourth-order valence-corrected chi connectivity index (χ4v) is 4.99. The molecule has 2 aliphatic heterocycles. The minimum atomic E-state index is -3.68. The number of urea groups is 1. The lowest BCUT2D eigenvalue weighted by atomic mass is 10.2. The van der Waals surface area contributed by atoms with Crippen molar-refractivity contribution in [3.05, 3.63) is 48.3 Å². The Hall–Kier alpha value is -2.85. The van der Waals surface area contributed by atoms with E-state index in [9.17, 15) is 13.2 Å². The van der Waals surface area contributed by atoms with Crippen LogP contribution in [0.2, 0.25) is 0 Å². The Morgan fingerprint density at radius 2 is 1.84 bits per heavy atom. The van der Waals surface area contributed by atoms with E-state index < -0.39 is 10.0 Å². The highest BCUT2D eigenvalue weighted by Crippen LogP contribution is 2.33. The minimum absolute atomic E-state index is 0.172. The smallest absolute Gasteiger partial charge is 0.317 e. The highest BCUT2D eigenvalue weighted by Gasteiger charge is 2.31. The summed E-state index contributed by atoms with van der Waals surface area (Å²) in [7, 11) is -3.68. The van der Waals surface area contributed by atoms with Gasteiger partial charge < -0.3 is 19.7 Å². The number of sulfonamides is 1. The van der Waals surface area contributed by atoms with Crippen LogP contribution in [0.15, 0.2) is 47.6 Å². The fraction of sp³-hybridized carbons (Fsp3) is 0.429. The van der Waals surface area contributed by atoms with Crippen LogP contribution in [0, 0.1) is 0 Å². The third-order valence-corrected chi connectivity index (χ3v) is 7.19. The van der Waals surface area contributed by atoms with Gasteiger partial charge in [-0.25, -0.2) is 13.2 Å². The van der Waals surface area contributed by atoms with Crippen LogP contribution < -0.4 is 14.8 Å². The first-order valence-corrected chi connectivity index (χ1v) is 11.8. The Labute approximate surface area is 182 Å². The average molecular weight is 447 g/mol. The summed E-state index contributed by atoms with van der Waals surface area (Å²) in [5.41, 5.74) is 1.05. The van der Waals surface area contributed by atoms with Crippen LogP contribution in [-0.2, 0) is 16.4 Å². The van der Waals surface area contributed by atoms with Crippen molar-refractivity contribution in [1.82, 2.24) is 19.5 Å². The average Bonchev–Trinajstić information content (AvgIpc) is 3.05. The molecule has 0 atom stereocenters. The molecule has 1 fully saturated rings. The number of piperazine rings is 1. The first kappa shape index (κ1) is 21.4. The van der Waals surface area contributed by atoms with E-state index in [0.717, 1.165) is 12.0 Å². The molecule has 3 heterocycles. The molecular weight excluding hydrogens is 420 g/mol. The van der Waals surface area contributed by atoms with Crippen LogP contribution in [0.25, 0.3) is 0 Å². The molecule has 4 rings (SSSR count). The highest BCUT2D eigenvalue weighted by molar-refractivity contribution is 7.89. The van der Waals surface area contributed by atoms with Crippen molar-refractivity contribution < 1.29 is 22.7 Å². The van der Waals surface area contributed by atoms with Crippen LogP contribution in [-0.4, -0.2) is 74.6 Å². The maximum atomic E-state index is 13.1. The Morgan fingerprint density at radius 3 is 2.58 bits per heavy atom.